The molecule has 3 aromatic carbocycles. The minimum atomic E-state index is -0.739. The molecular formula is C37H45O3P. The third-order valence-corrected chi connectivity index (χ3v) is 14.2. The van der Waals surface area contributed by atoms with Gasteiger partial charge in [-0.05, 0) is 73.5 Å². The first kappa shape index (κ1) is 27.5. The number of hydrogen-bond donors (Lipinski definition) is 0. The fraction of sp³-hybridized carbons (Fsp3) is 0.514. The molecule has 3 saturated carbocycles. The minimum Gasteiger partial charge on any atom is -0.432 e. The largest absolute Gasteiger partial charge is 0.432 e. The Morgan fingerprint density at radius 1 is 0.561 bits per heavy atom. The zero-order valence-electron chi connectivity index (χ0n) is 24.3. The molecule has 216 valence electrons. The Morgan fingerprint density at radius 2 is 1.10 bits per heavy atom. The van der Waals surface area contributed by atoms with Crippen molar-refractivity contribution in [3.8, 4) is 22.6 Å². The van der Waals surface area contributed by atoms with Crippen molar-refractivity contribution in [1.29, 1.82) is 0 Å². The lowest BCUT2D eigenvalue weighted by molar-refractivity contribution is -0.228. The molecule has 1 heterocycles. The Balaban J connectivity index is 1.21. The summed E-state index contributed by atoms with van der Waals surface area (Å²) < 4.78 is 19.9. The van der Waals surface area contributed by atoms with E-state index in [0.29, 0.717) is 11.6 Å². The van der Waals surface area contributed by atoms with E-state index in [0.717, 1.165) is 40.4 Å². The van der Waals surface area contributed by atoms with E-state index in [9.17, 15) is 0 Å². The summed E-state index contributed by atoms with van der Waals surface area (Å²) in [4.78, 5) is 0. The number of para-hydroxylation sites is 2. The molecule has 3 aliphatic carbocycles. The van der Waals surface area contributed by atoms with Gasteiger partial charge >= 0.3 is 6.48 Å². The highest BCUT2D eigenvalue weighted by atomic mass is 31.1. The highest BCUT2D eigenvalue weighted by Crippen LogP contribution is 2.68. The van der Waals surface area contributed by atoms with Crippen LogP contribution >= 0.6 is 7.92 Å². The van der Waals surface area contributed by atoms with Crippen LogP contribution in [0.25, 0.3) is 11.1 Å². The van der Waals surface area contributed by atoms with Crippen molar-refractivity contribution >= 4 is 7.92 Å². The summed E-state index contributed by atoms with van der Waals surface area (Å²) in [5, 5.41) is 0. The van der Waals surface area contributed by atoms with Gasteiger partial charge in [0.25, 0.3) is 0 Å². The van der Waals surface area contributed by atoms with Crippen LogP contribution in [0.15, 0.2) is 78.9 Å². The Kier molecular flexibility index (Phi) is 8.64. The van der Waals surface area contributed by atoms with Gasteiger partial charge in [0.1, 0.15) is 11.5 Å². The van der Waals surface area contributed by atoms with Gasteiger partial charge in [-0.2, -0.15) is 0 Å². The molecule has 0 bridgehead atoms. The second-order valence-electron chi connectivity index (χ2n) is 12.7. The smallest absolute Gasteiger partial charge is 0.361 e. The summed E-state index contributed by atoms with van der Waals surface area (Å²) >= 11 is 0. The van der Waals surface area contributed by atoms with Crippen LogP contribution in [0.5, 0.6) is 11.5 Å². The van der Waals surface area contributed by atoms with Gasteiger partial charge in [0.2, 0.25) is 0 Å². The van der Waals surface area contributed by atoms with Crippen LogP contribution in [0.4, 0.5) is 0 Å². The first-order valence-corrected chi connectivity index (χ1v) is 17.9. The van der Waals surface area contributed by atoms with Gasteiger partial charge in [-0.3, -0.25) is 0 Å². The summed E-state index contributed by atoms with van der Waals surface area (Å²) in [5.74, 6) is 2.18. The molecule has 3 aromatic rings. The first-order chi connectivity index (χ1) is 20.3. The lowest BCUT2D eigenvalue weighted by atomic mass is 9.95. The minimum absolute atomic E-state index is 0.139. The van der Waals surface area contributed by atoms with Crippen molar-refractivity contribution in [1.82, 2.24) is 0 Å². The molecule has 0 amide bonds. The van der Waals surface area contributed by atoms with Gasteiger partial charge in [-0.15, -0.1) is 0 Å². The quantitative estimate of drug-likeness (QED) is 0.265. The van der Waals surface area contributed by atoms with E-state index >= 15 is 0 Å². The van der Waals surface area contributed by atoms with Crippen LogP contribution in [-0.2, 0) is 4.74 Å². The van der Waals surface area contributed by atoms with Crippen molar-refractivity contribution in [2.45, 2.75) is 113 Å². The maximum Gasteiger partial charge on any atom is 0.361 e. The summed E-state index contributed by atoms with van der Waals surface area (Å²) in [7, 11) is -0.149. The second kappa shape index (κ2) is 12.9. The predicted molar refractivity (Wildman–Crippen MR) is 169 cm³/mol. The molecule has 0 aromatic heterocycles. The highest BCUT2D eigenvalue weighted by Gasteiger charge is 2.45. The Bertz CT molecular complexity index is 1200. The standard InChI is InChI=1S/C37H45O3P/c1-4-15-27(16-5-1)36(41(28-17-6-2-7-18-28)29-19-8-3-9-20-29)32-23-14-26-35(32)40-37-38-33-24-12-10-21-30(33)31-22-11-13-25-34(31)39-37/h1,4-5,10-13,15-16,21-22,24-25,28-29,32,35-37H,2-3,6-9,14,17-20,23,26H2. The van der Waals surface area contributed by atoms with Gasteiger partial charge in [0.05, 0.1) is 6.10 Å². The van der Waals surface area contributed by atoms with Gasteiger partial charge in [-0.1, -0.05) is 120 Å². The fourth-order valence-electron chi connectivity index (χ4n) is 8.30. The van der Waals surface area contributed by atoms with Crippen LogP contribution in [0.2, 0.25) is 0 Å². The van der Waals surface area contributed by atoms with E-state index in [1.807, 2.05) is 24.3 Å². The molecule has 0 spiro atoms. The van der Waals surface area contributed by atoms with Crippen LogP contribution in [0.1, 0.15) is 94.7 Å². The van der Waals surface area contributed by atoms with E-state index in [-0.39, 0.29) is 14.0 Å². The summed E-state index contributed by atoms with van der Waals surface area (Å²) in [6, 6.07) is 28.1. The zero-order chi connectivity index (χ0) is 27.4. The summed E-state index contributed by atoms with van der Waals surface area (Å²) in [5.41, 5.74) is 6.09. The van der Waals surface area contributed by atoms with Crippen molar-refractivity contribution in [2.75, 3.05) is 0 Å². The van der Waals surface area contributed by atoms with Gasteiger partial charge < -0.3 is 14.2 Å². The van der Waals surface area contributed by atoms with Crippen LogP contribution in [0, 0.1) is 5.92 Å². The molecule has 0 radical (unpaired) electrons. The molecule has 7 rings (SSSR count). The third kappa shape index (κ3) is 5.95. The normalized spacial score (nSPS) is 24.6. The van der Waals surface area contributed by atoms with E-state index in [1.165, 1.54) is 77.0 Å². The summed E-state index contributed by atoms with van der Waals surface area (Å²) in [6.45, 7) is -0.739. The summed E-state index contributed by atoms with van der Waals surface area (Å²) in [6.07, 6.45) is 18.0. The Morgan fingerprint density at radius 3 is 1.68 bits per heavy atom. The Hall–Kier alpha value is -2.35. The Labute approximate surface area is 247 Å². The van der Waals surface area contributed by atoms with Crippen molar-refractivity contribution in [3.05, 3.63) is 84.4 Å². The molecule has 3 unspecified atom stereocenters. The van der Waals surface area contributed by atoms with Gasteiger partial charge in [0, 0.05) is 16.8 Å². The topological polar surface area (TPSA) is 27.7 Å². The average molecular weight is 569 g/mol. The van der Waals surface area contributed by atoms with Crippen LogP contribution < -0.4 is 9.47 Å². The number of rotatable bonds is 7. The number of fused-ring (bicyclic) bond motifs is 3. The molecule has 3 fully saturated rings. The van der Waals surface area contributed by atoms with Crippen molar-refractivity contribution in [3.63, 3.8) is 0 Å². The molecule has 4 aliphatic rings. The zero-order valence-corrected chi connectivity index (χ0v) is 25.2. The highest BCUT2D eigenvalue weighted by molar-refractivity contribution is 7.59. The molecule has 1 aliphatic heterocycles. The van der Waals surface area contributed by atoms with E-state index < -0.39 is 6.48 Å². The monoisotopic (exact) mass is 568 g/mol. The number of benzene rings is 3. The lowest BCUT2D eigenvalue weighted by Crippen LogP contribution is -2.36. The first-order valence-electron chi connectivity index (χ1n) is 16.3. The fourth-order valence-corrected chi connectivity index (χ4v) is 13.0. The van der Waals surface area contributed by atoms with Crippen molar-refractivity contribution in [2.24, 2.45) is 5.92 Å². The number of ether oxygens (including phenoxy) is 3. The SMILES string of the molecule is c1ccc(C(C2CCCC2OC2Oc3ccccc3-c3ccccc3O2)P(C2CCCCC2)C2CCCCC2)cc1. The van der Waals surface area contributed by atoms with E-state index in [2.05, 4.69) is 54.6 Å². The van der Waals surface area contributed by atoms with E-state index in [1.54, 1.807) is 5.56 Å². The second-order valence-corrected chi connectivity index (χ2v) is 15.6. The molecule has 3 atom stereocenters. The molecule has 0 N–H and O–H groups in total. The third-order valence-electron chi connectivity index (χ3n) is 10.2. The van der Waals surface area contributed by atoms with Gasteiger partial charge in [0.15, 0.2) is 0 Å². The van der Waals surface area contributed by atoms with Crippen LogP contribution in [0.3, 0.4) is 0 Å². The van der Waals surface area contributed by atoms with Gasteiger partial charge in [-0.25, -0.2) is 0 Å². The average Bonchev–Trinajstić information content (AvgIpc) is 3.42. The maximum absolute atomic E-state index is 6.95. The molecule has 0 saturated heterocycles. The molecule has 3 nitrogen and oxygen atoms in total. The van der Waals surface area contributed by atoms with E-state index in [4.69, 9.17) is 14.2 Å². The molecular weight excluding hydrogens is 523 g/mol. The molecule has 41 heavy (non-hydrogen) atoms. The maximum atomic E-state index is 6.95. The lowest BCUT2D eigenvalue weighted by Gasteiger charge is -2.46. The predicted octanol–water partition coefficient (Wildman–Crippen LogP) is 10.5. The van der Waals surface area contributed by atoms with Crippen LogP contribution in [-0.4, -0.2) is 23.9 Å². The number of hydrogen-bond acceptors (Lipinski definition) is 3. The van der Waals surface area contributed by atoms with Crippen molar-refractivity contribution < 1.29 is 14.2 Å². The molecule has 4 heteroatoms.